The van der Waals surface area contributed by atoms with E-state index in [-0.39, 0.29) is 17.4 Å². The summed E-state index contributed by atoms with van der Waals surface area (Å²) in [6.45, 7) is 5.80. The monoisotopic (exact) mass is 481 g/mol. The molecule has 2 heterocycles. The number of benzene rings is 3. The van der Waals surface area contributed by atoms with Crippen LogP contribution >= 0.6 is 0 Å². The van der Waals surface area contributed by atoms with Gasteiger partial charge in [0.2, 0.25) is 0 Å². The zero-order valence-corrected chi connectivity index (χ0v) is 20.7. The van der Waals surface area contributed by atoms with Crippen LogP contribution < -0.4 is 10.6 Å². The maximum absolute atomic E-state index is 13.3. The molecule has 1 unspecified atom stereocenters. The first-order chi connectivity index (χ1) is 17.4. The lowest BCUT2D eigenvalue weighted by Crippen LogP contribution is -2.40. The average Bonchev–Trinajstić information content (AvgIpc) is 3.47. The van der Waals surface area contributed by atoms with Gasteiger partial charge in [0.25, 0.3) is 11.8 Å². The van der Waals surface area contributed by atoms with Crippen LogP contribution in [-0.2, 0) is 11.3 Å². The van der Waals surface area contributed by atoms with Crippen molar-refractivity contribution >= 4 is 28.4 Å². The molecule has 1 aliphatic heterocycles. The zero-order valence-electron chi connectivity index (χ0n) is 20.7. The summed E-state index contributed by atoms with van der Waals surface area (Å²) in [5, 5.41) is 6.96. The van der Waals surface area contributed by atoms with Crippen molar-refractivity contribution in [3.8, 4) is 0 Å². The van der Waals surface area contributed by atoms with Crippen LogP contribution in [0, 0.1) is 6.92 Å². The van der Waals surface area contributed by atoms with E-state index in [1.165, 1.54) is 0 Å². The largest absolute Gasteiger partial charge is 0.373 e. The molecule has 1 saturated heterocycles. The third kappa shape index (κ3) is 5.19. The Bertz CT molecular complexity index is 1380. The molecule has 6 heteroatoms. The lowest BCUT2D eigenvalue weighted by atomic mass is 10.0. The fourth-order valence-corrected chi connectivity index (χ4v) is 4.72. The minimum Gasteiger partial charge on any atom is -0.373 e. The summed E-state index contributed by atoms with van der Waals surface area (Å²) >= 11 is 0. The van der Waals surface area contributed by atoms with Crippen molar-refractivity contribution in [3.05, 3.63) is 101 Å². The minimum absolute atomic E-state index is 0.135. The molecule has 6 nitrogen and oxygen atoms in total. The lowest BCUT2D eigenvalue weighted by Gasteiger charge is -2.23. The van der Waals surface area contributed by atoms with Crippen molar-refractivity contribution in [2.45, 2.75) is 38.8 Å². The maximum atomic E-state index is 13.3. The molecule has 1 atom stereocenters. The predicted octanol–water partition coefficient (Wildman–Crippen LogP) is 5.55. The number of hydrogen-bond acceptors (Lipinski definition) is 3. The van der Waals surface area contributed by atoms with Crippen molar-refractivity contribution < 1.29 is 14.3 Å². The van der Waals surface area contributed by atoms with Crippen LogP contribution in [0.3, 0.4) is 0 Å². The summed E-state index contributed by atoms with van der Waals surface area (Å²) in [5.41, 5.74) is 4.69. The summed E-state index contributed by atoms with van der Waals surface area (Å²) < 4.78 is 7.88. The average molecular weight is 482 g/mol. The molecular formula is C30H31N3O3. The number of carbonyl (C=O) groups is 2. The first-order valence-electron chi connectivity index (χ1n) is 12.4. The van der Waals surface area contributed by atoms with Gasteiger partial charge >= 0.3 is 0 Å². The van der Waals surface area contributed by atoms with E-state index >= 15 is 0 Å². The Labute approximate surface area is 211 Å². The SMILES string of the molecule is Cc1ccc(C(=O)Nc2ccc3c(c2)cc(C(=O)NCC2(C)CCCO2)n3Cc2ccccc2)cc1. The number of aryl methyl sites for hydroxylation is 1. The van der Waals surface area contributed by atoms with Gasteiger partial charge in [-0.1, -0.05) is 48.0 Å². The van der Waals surface area contributed by atoms with E-state index in [1.54, 1.807) is 0 Å². The van der Waals surface area contributed by atoms with E-state index < -0.39 is 0 Å². The molecule has 0 saturated carbocycles. The number of aromatic nitrogens is 1. The second kappa shape index (κ2) is 9.99. The second-order valence-electron chi connectivity index (χ2n) is 9.78. The van der Waals surface area contributed by atoms with Crippen LogP contribution in [0.1, 0.15) is 51.7 Å². The Hall–Kier alpha value is -3.90. The summed E-state index contributed by atoms with van der Waals surface area (Å²) in [7, 11) is 0. The topological polar surface area (TPSA) is 72.4 Å². The van der Waals surface area contributed by atoms with Crippen LogP contribution in [0.5, 0.6) is 0 Å². The van der Waals surface area contributed by atoms with Gasteiger partial charge < -0.3 is 19.9 Å². The molecule has 5 rings (SSSR count). The van der Waals surface area contributed by atoms with Crippen molar-refractivity contribution in [2.75, 3.05) is 18.5 Å². The Morgan fingerprint density at radius 2 is 1.75 bits per heavy atom. The van der Waals surface area contributed by atoms with Crippen molar-refractivity contribution in [1.82, 2.24) is 9.88 Å². The van der Waals surface area contributed by atoms with Crippen LogP contribution in [0.2, 0.25) is 0 Å². The van der Waals surface area contributed by atoms with Gasteiger partial charge in [-0.2, -0.15) is 0 Å². The van der Waals surface area contributed by atoms with Gasteiger partial charge in [0.05, 0.1) is 5.60 Å². The highest BCUT2D eigenvalue weighted by Crippen LogP contribution is 2.27. The third-order valence-electron chi connectivity index (χ3n) is 6.81. The molecule has 0 bridgehead atoms. The van der Waals surface area contributed by atoms with Gasteiger partial charge in [0.15, 0.2) is 0 Å². The summed E-state index contributed by atoms with van der Waals surface area (Å²) in [6, 6.07) is 25.2. The Kier molecular flexibility index (Phi) is 6.61. The number of hydrogen-bond donors (Lipinski definition) is 2. The molecule has 184 valence electrons. The summed E-state index contributed by atoms with van der Waals surface area (Å²) in [4.78, 5) is 26.1. The van der Waals surface area contributed by atoms with Crippen molar-refractivity contribution in [1.29, 1.82) is 0 Å². The van der Waals surface area contributed by atoms with Crippen LogP contribution in [0.25, 0.3) is 10.9 Å². The van der Waals surface area contributed by atoms with Gasteiger partial charge in [-0.15, -0.1) is 0 Å². The Morgan fingerprint density at radius 3 is 2.47 bits per heavy atom. The van der Waals surface area contributed by atoms with Gasteiger partial charge in [0.1, 0.15) is 5.69 Å². The number of ether oxygens (including phenoxy) is 1. The number of anilines is 1. The standard InChI is InChI=1S/C30H31N3O3/c1-21-9-11-23(12-10-21)28(34)32-25-13-14-26-24(17-25)18-27(33(26)19-22-7-4-3-5-8-22)29(35)31-20-30(2)15-6-16-36-30/h3-5,7-14,17-18H,6,15-16,19-20H2,1-2H3,(H,31,35)(H,32,34). The quantitative estimate of drug-likeness (QED) is 0.364. The van der Waals surface area contributed by atoms with E-state index in [1.807, 2.05) is 85.1 Å². The number of rotatable bonds is 7. The van der Waals surface area contributed by atoms with Crippen LogP contribution in [0.15, 0.2) is 78.9 Å². The summed E-state index contributed by atoms with van der Waals surface area (Å²) in [6.07, 6.45) is 1.95. The molecule has 0 radical (unpaired) electrons. The van der Waals surface area contributed by atoms with Crippen molar-refractivity contribution in [2.24, 2.45) is 0 Å². The molecule has 36 heavy (non-hydrogen) atoms. The normalized spacial score (nSPS) is 17.3. The first kappa shape index (κ1) is 23.8. The molecule has 1 aromatic heterocycles. The van der Waals surface area contributed by atoms with Crippen molar-refractivity contribution in [3.63, 3.8) is 0 Å². The van der Waals surface area contributed by atoms with E-state index in [2.05, 4.69) is 22.8 Å². The van der Waals surface area contributed by atoms with Gasteiger partial charge in [-0.05, 0) is 68.7 Å². The molecule has 2 N–H and O–H groups in total. The highest BCUT2D eigenvalue weighted by atomic mass is 16.5. The van der Waals surface area contributed by atoms with Crippen LogP contribution in [0.4, 0.5) is 5.69 Å². The Balaban J connectivity index is 1.43. The molecule has 1 fully saturated rings. The highest BCUT2D eigenvalue weighted by Gasteiger charge is 2.30. The zero-order chi connectivity index (χ0) is 25.1. The number of fused-ring (bicyclic) bond motifs is 1. The molecule has 0 spiro atoms. The molecule has 0 aliphatic carbocycles. The minimum atomic E-state index is -0.320. The summed E-state index contributed by atoms with van der Waals surface area (Å²) in [5.74, 6) is -0.301. The fraction of sp³-hybridized carbons (Fsp3) is 0.267. The third-order valence-corrected chi connectivity index (χ3v) is 6.81. The highest BCUT2D eigenvalue weighted by molar-refractivity contribution is 6.06. The van der Waals surface area contributed by atoms with E-state index in [0.29, 0.717) is 30.0 Å². The first-order valence-corrected chi connectivity index (χ1v) is 12.4. The number of amides is 2. The predicted molar refractivity (Wildman–Crippen MR) is 143 cm³/mol. The number of nitrogens with zero attached hydrogens (tertiary/aromatic N) is 1. The molecular weight excluding hydrogens is 450 g/mol. The molecule has 3 aromatic carbocycles. The molecule has 2 amide bonds. The van der Waals surface area contributed by atoms with Gasteiger partial charge in [-0.3, -0.25) is 9.59 Å². The number of nitrogens with one attached hydrogen (secondary N) is 2. The maximum Gasteiger partial charge on any atom is 0.268 e. The van der Waals surface area contributed by atoms with E-state index in [9.17, 15) is 9.59 Å². The molecule has 1 aliphatic rings. The number of carbonyl (C=O) groups excluding carboxylic acids is 2. The lowest BCUT2D eigenvalue weighted by molar-refractivity contribution is 0.0205. The van der Waals surface area contributed by atoms with E-state index in [4.69, 9.17) is 4.74 Å². The second-order valence-corrected chi connectivity index (χ2v) is 9.78. The molecule has 4 aromatic rings. The smallest absolute Gasteiger partial charge is 0.268 e. The Morgan fingerprint density at radius 1 is 0.972 bits per heavy atom. The van der Waals surface area contributed by atoms with Gasteiger partial charge in [-0.25, -0.2) is 0 Å². The van der Waals surface area contributed by atoms with Gasteiger partial charge in [0, 0.05) is 41.9 Å². The van der Waals surface area contributed by atoms with E-state index in [0.717, 1.165) is 41.5 Å². The fourth-order valence-electron chi connectivity index (χ4n) is 4.72. The van der Waals surface area contributed by atoms with Crippen LogP contribution in [-0.4, -0.2) is 35.1 Å².